The second-order valence-electron chi connectivity index (χ2n) is 4.28. The summed E-state index contributed by atoms with van der Waals surface area (Å²) in [5.74, 6) is 1.31. The number of anilines is 1. The Hall–Kier alpha value is -1.46. The fourth-order valence-electron chi connectivity index (χ4n) is 1.88. The van der Waals surface area contributed by atoms with Crippen molar-refractivity contribution in [1.82, 2.24) is 9.55 Å². The molecular weight excluding hydrogens is 294 g/mol. The van der Waals surface area contributed by atoms with E-state index in [0.717, 1.165) is 12.2 Å². The molecule has 0 saturated carbocycles. The first-order valence-electron chi connectivity index (χ1n) is 6.24. The molecule has 1 N–H and O–H groups in total. The number of nitrogens with one attached hydrogen (secondary N) is 1. The van der Waals surface area contributed by atoms with E-state index in [0.29, 0.717) is 10.8 Å². The van der Waals surface area contributed by atoms with Crippen molar-refractivity contribution >= 4 is 35.1 Å². The van der Waals surface area contributed by atoms with E-state index >= 15 is 0 Å². The molecule has 2 aromatic heterocycles. The molecule has 0 spiro atoms. The van der Waals surface area contributed by atoms with Crippen LogP contribution in [0.4, 0.5) is 5.82 Å². The summed E-state index contributed by atoms with van der Waals surface area (Å²) in [4.78, 5) is 16.5. The fourth-order valence-corrected chi connectivity index (χ4v) is 2.50. The van der Waals surface area contributed by atoms with Crippen molar-refractivity contribution in [3.05, 3.63) is 47.9 Å². The van der Waals surface area contributed by atoms with Gasteiger partial charge in [0.05, 0.1) is 0 Å². The van der Waals surface area contributed by atoms with Crippen molar-refractivity contribution in [2.75, 3.05) is 17.3 Å². The molecule has 1 atom stereocenters. The molecule has 0 radical (unpaired) electrons. The summed E-state index contributed by atoms with van der Waals surface area (Å²) >= 11 is 7.61. The Kier molecular flexibility index (Phi) is 5.49. The number of pyridine rings is 1. The van der Waals surface area contributed by atoms with Crippen LogP contribution in [0.15, 0.2) is 42.9 Å². The van der Waals surface area contributed by atoms with Crippen LogP contribution in [-0.2, 0) is 4.79 Å². The third kappa shape index (κ3) is 4.02. The highest BCUT2D eigenvalue weighted by Crippen LogP contribution is 2.18. The summed E-state index contributed by atoms with van der Waals surface area (Å²) in [5, 5.41) is 3.37. The summed E-state index contributed by atoms with van der Waals surface area (Å²) in [7, 11) is 0. The molecule has 1 amide bonds. The molecule has 6 heteroatoms. The maximum atomic E-state index is 12.4. The molecular formula is C14H16ClN3OS. The fraction of sp³-hybridized carbons (Fsp3) is 0.286. The smallest absolute Gasteiger partial charge is 0.248 e. The Balaban J connectivity index is 2.10. The average Bonchev–Trinajstić information content (AvgIpc) is 2.93. The highest BCUT2D eigenvalue weighted by molar-refractivity contribution is 7.98. The van der Waals surface area contributed by atoms with Crippen LogP contribution in [0, 0.1) is 0 Å². The first kappa shape index (κ1) is 14.9. The van der Waals surface area contributed by atoms with Gasteiger partial charge in [-0.05, 0) is 42.7 Å². The van der Waals surface area contributed by atoms with Crippen molar-refractivity contribution in [3.8, 4) is 0 Å². The normalized spacial score (nSPS) is 12.1. The maximum absolute atomic E-state index is 12.4. The Labute approximate surface area is 127 Å². The molecule has 0 saturated heterocycles. The molecule has 0 bridgehead atoms. The van der Waals surface area contributed by atoms with Crippen LogP contribution < -0.4 is 5.32 Å². The summed E-state index contributed by atoms with van der Waals surface area (Å²) in [6.45, 7) is 0. The number of amides is 1. The predicted octanol–water partition coefficient (Wildman–Crippen LogP) is 3.47. The molecule has 4 nitrogen and oxygen atoms in total. The topological polar surface area (TPSA) is 46.9 Å². The van der Waals surface area contributed by atoms with Crippen LogP contribution in [0.25, 0.3) is 0 Å². The number of carbonyl (C=O) groups is 1. The van der Waals surface area contributed by atoms with Gasteiger partial charge in [-0.1, -0.05) is 11.6 Å². The Morgan fingerprint density at radius 1 is 1.50 bits per heavy atom. The number of carbonyl (C=O) groups excluding carboxylic acids is 1. The van der Waals surface area contributed by atoms with Crippen LogP contribution in [0.3, 0.4) is 0 Å². The van der Waals surface area contributed by atoms with Gasteiger partial charge in [0.2, 0.25) is 5.91 Å². The monoisotopic (exact) mass is 309 g/mol. The van der Waals surface area contributed by atoms with E-state index < -0.39 is 0 Å². The molecule has 0 aromatic carbocycles. The second-order valence-corrected chi connectivity index (χ2v) is 5.70. The molecule has 106 valence electrons. The molecule has 2 heterocycles. The van der Waals surface area contributed by atoms with Crippen LogP contribution in [0.5, 0.6) is 0 Å². The van der Waals surface area contributed by atoms with Gasteiger partial charge in [-0.3, -0.25) is 4.79 Å². The van der Waals surface area contributed by atoms with Gasteiger partial charge in [0.15, 0.2) is 0 Å². The van der Waals surface area contributed by atoms with Gasteiger partial charge >= 0.3 is 0 Å². The van der Waals surface area contributed by atoms with Gasteiger partial charge in [-0.25, -0.2) is 4.98 Å². The number of hydrogen-bond acceptors (Lipinski definition) is 3. The minimum absolute atomic E-state index is 0.0787. The molecule has 0 aliphatic heterocycles. The molecule has 0 fully saturated rings. The average molecular weight is 310 g/mol. The molecule has 20 heavy (non-hydrogen) atoms. The van der Waals surface area contributed by atoms with Gasteiger partial charge in [0, 0.05) is 23.6 Å². The SMILES string of the molecule is CSCC[C@@H](C(=O)Nc1cc(Cl)ccn1)n1cccc1. The number of hydrogen-bond donors (Lipinski definition) is 1. The third-order valence-electron chi connectivity index (χ3n) is 2.86. The third-order valence-corrected chi connectivity index (χ3v) is 3.74. The van der Waals surface area contributed by atoms with E-state index in [1.54, 1.807) is 30.1 Å². The molecule has 0 unspecified atom stereocenters. The van der Waals surface area contributed by atoms with E-state index in [2.05, 4.69) is 10.3 Å². The lowest BCUT2D eigenvalue weighted by molar-refractivity contribution is -0.119. The Bertz CT molecular complexity index is 559. The van der Waals surface area contributed by atoms with Crippen LogP contribution in [0.2, 0.25) is 5.02 Å². The van der Waals surface area contributed by atoms with E-state index in [-0.39, 0.29) is 11.9 Å². The van der Waals surface area contributed by atoms with Crippen LogP contribution >= 0.6 is 23.4 Å². The lowest BCUT2D eigenvalue weighted by Gasteiger charge is -2.18. The number of rotatable bonds is 6. The number of nitrogens with zero attached hydrogens (tertiary/aromatic N) is 2. The van der Waals surface area contributed by atoms with Crippen LogP contribution in [-0.4, -0.2) is 27.5 Å². The largest absolute Gasteiger partial charge is 0.342 e. The summed E-state index contributed by atoms with van der Waals surface area (Å²) in [6, 6.07) is 6.90. The first-order valence-corrected chi connectivity index (χ1v) is 8.01. The minimum Gasteiger partial charge on any atom is -0.342 e. The lowest BCUT2D eigenvalue weighted by Crippen LogP contribution is -2.26. The van der Waals surface area contributed by atoms with Gasteiger partial charge < -0.3 is 9.88 Å². The quantitative estimate of drug-likeness (QED) is 0.889. The second kappa shape index (κ2) is 7.36. The summed E-state index contributed by atoms with van der Waals surface area (Å²) in [5.41, 5.74) is 0. The number of halogens is 1. The van der Waals surface area contributed by atoms with Crippen molar-refractivity contribution in [2.45, 2.75) is 12.5 Å². The van der Waals surface area contributed by atoms with Crippen LogP contribution in [0.1, 0.15) is 12.5 Å². The van der Waals surface area contributed by atoms with Crippen molar-refractivity contribution < 1.29 is 4.79 Å². The highest BCUT2D eigenvalue weighted by Gasteiger charge is 2.19. The molecule has 0 aliphatic rings. The van der Waals surface area contributed by atoms with Gasteiger partial charge in [-0.15, -0.1) is 0 Å². The molecule has 2 aromatic rings. The summed E-state index contributed by atoms with van der Waals surface area (Å²) in [6.07, 6.45) is 8.17. The predicted molar refractivity (Wildman–Crippen MR) is 84.3 cm³/mol. The van der Waals surface area contributed by atoms with Gasteiger partial charge in [0.25, 0.3) is 0 Å². The van der Waals surface area contributed by atoms with E-state index in [1.807, 2.05) is 35.3 Å². The zero-order valence-electron chi connectivity index (χ0n) is 11.1. The van der Waals surface area contributed by atoms with Gasteiger partial charge in [0.1, 0.15) is 11.9 Å². The zero-order chi connectivity index (χ0) is 14.4. The van der Waals surface area contributed by atoms with E-state index in [4.69, 9.17) is 11.6 Å². The molecule has 2 rings (SSSR count). The van der Waals surface area contributed by atoms with E-state index in [9.17, 15) is 4.79 Å². The number of aromatic nitrogens is 2. The Morgan fingerprint density at radius 2 is 2.25 bits per heavy atom. The minimum atomic E-state index is -0.238. The molecule has 0 aliphatic carbocycles. The maximum Gasteiger partial charge on any atom is 0.248 e. The number of thioether (sulfide) groups is 1. The van der Waals surface area contributed by atoms with Crippen molar-refractivity contribution in [3.63, 3.8) is 0 Å². The standard InChI is InChI=1S/C14H16ClN3OS/c1-20-9-5-12(18-7-2-3-8-18)14(19)17-13-10-11(15)4-6-16-13/h2-4,6-8,10,12H,5,9H2,1H3,(H,16,17,19)/t12-/m0/s1. The lowest BCUT2D eigenvalue weighted by atomic mass is 10.2. The highest BCUT2D eigenvalue weighted by atomic mass is 35.5. The van der Waals surface area contributed by atoms with Crippen molar-refractivity contribution in [2.24, 2.45) is 0 Å². The van der Waals surface area contributed by atoms with E-state index in [1.165, 1.54) is 0 Å². The summed E-state index contributed by atoms with van der Waals surface area (Å²) < 4.78 is 1.91. The van der Waals surface area contributed by atoms with Gasteiger partial charge in [-0.2, -0.15) is 11.8 Å². The first-order chi connectivity index (χ1) is 9.70. The Morgan fingerprint density at radius 3 is 2.90 bits per heavy atom. The zero-order valence-corrected chi connectivity index (χ0v) is 12.7. The van der Waals surface area contributed by atoms with Crippen molar-refractivity contribution in [1.29, 1.82) is 0 Å².